The number of nitrogens with one attached hydrogen (secondary N) is 2. The van der Waals surface area contributed by atoms with Crippen LogP contribution in [0.15, 0.2) is 67.0 Å². The van der Waals surface area contributed by atoms with Crippen LogP contribution in [0.25, 0.3) is 6.08 Å². The Kier molecular flexibility index (Phi) is 8.22. The van der Waals surface area contributed by atoms with Crippen LogP contribution in [0.2, 0.25) is 0 Å². The summed E-state index contributed by atoms with van der Waals surface area (Å²) in [5.74, 6) is 0.651. The minimum atomic E-state index is -0.398. The number of hydrogen-bond donors (Lipinski definition) is 2. The molecule has 2 N–H and O–H groups in total. The second-order valence-electron chi connectivity index (χ2n) is 8.44. The molecule has 10 nitrogen and oxygen atoms in total. The highest BCUT2D eigenvalue weighted by atomic mass is 16.5. The zero-order valence-electron chi connectivity index (χ0n) is 21.8. The van der Waals surface area contributed by atoms with Crippen molar-refractivity contribution < 1.29 is 19.1 Å². The molecule has 0 unspecified atom stereocenters. The first-order valence-electron chi connectivity index (χ1n) is 12.1. The Morgan fingerprint density at radius 3 is 2.47 bits per heavy atom. The number of ether oxygens (including phenoxy) is 2. The molecule has 0 atom stereocenters. The molecule has 4 rings (SSSR count). The van der Waals surface area contributed by atoms with E-state index in [9.17, 15) is 9.59 Å². The van der Waals surface area contributed by atoms with E-state index < -0.39 is 11.8 Å². The number of rotatable bonds is 10. The minimum absolute atomic E-state index is 0.252. The Morgan fingerprint density at radius 2 is 1.79 bits per heavy atom. The number of methoxy groups -OCH3 is 1. The smallest absolute Gasteiger partial charge is 0.276 e. The molecule has 2 aromatic heterocycles. The van der Waals surface area contributed by atoms with E-state index >= 15 is 0 Å². The minimum Gasteiger partial charge on any atom is -0.496 e. The van der Waals surface area contributed by atoms with E-state index in [4.69, 9.17) is 9.47 Å². The molecule has 0 bridgehead atoms. The van der Waals surface area contributed by atoms with Crippen LogP contribution in [0.1, 0.15) is 34.2 Å². The van der Waals surface area contributed by atoms with Crippen molar-refractivity contribution in [3.05, 3.63) is 89.5 Å². The molecule has 38 heavy (non-hydrogen) atoms. The van der Waals surface area contributed by atoms with E-state index in [1.807, 2.05) is 62.4 Å². The van der Waals surface area contributed by atoms with E-state index in [1.54, 1.807) is 31.1 Å². The molecule has 0 aliphatic heterocycles. The Morgan fingerprint density at radius 1 is 1.03 bits per heavy atom. The van der Waals surface area contributed by atoms with Crippen molar-refractivity contribution in [2.45, 2.75) is 27.0 Å². The molecule has 10 heteroatoms. The maximum Gasteiger partial charge on any atom is 0.276 e. The number of carbonyl (C=O) groups is 2. The van der Waals surface area contributed by atoms with Crippen LogP contribution in [-0.2, 0) is 25.0 Å². The molecule has 0 saturated carbocycles. The quantitative estimate of drug-likeness (QED) is 0.303. The van der Waals surface area contributed by atoms with Gasteiger partial charge in [0.05, 0.1) is 36.6 Å². The summed E-state index contributed by atoms with van der Waals surface area (Å²) in [6, 6.07) is 15.1. The first kappa shape index (κ1) is 26.2. The SMILES string of the molecule is CCn1ncc(NC(=O)/C=C/c2ccc(OC)c(COc3ccccc3)c2)c1C(=O)Nc1cnn(C)c1C. The van der Waals surface area contributed by atoms with Gasteiger partial charge in [-0.15, -0.1) is 0 Å². The van der Waals surface area contributed by atoms with E-state index in [0.29, 0.717) is 30.3 Å². The van der Waals surface area contributed by atoms with Crippen molar-refractivity contribution in [2.24, 2.45) is 7.05 Å². The normalized spacial score (nSPS) is 10.9. The van der Waals surface area contributed by atoms with Crippen LogP contribution in [0.3, 0.4) is 0 Å². The van der Waals surface area contributed by atoms with Crippen LogP contribution in [-0.4, -0.2) is 38.5 Å². The lowest BCUT2D eigenvalue weighted by Gasteiger charge is -2.11. The molecule has 0 radical (unpaired) electrons. The summed E-state index contributed by atoms with van der Waals surface area (Å²) in [5, 5.41) is 14.0. The van der Waals surface area contributed by atoms with Gasteiger partial charge in [0, 0.05) is 25.2 Å². The summed E-state index contributed by atoms with van der Waals surface area (Å²) >= 11 is 0. The summed E-state index contributed by atoms with van der Waals surface area (Å²) < 4.78 is 14.5. The van der Waals surface area contributed by atoms with Crippen molar-refractivity contribution in [1.29, 1.82) is 0 Å². The predicted molar refractivity (Wildman–Crippen MR) is 145 cm³/mol. The molecule has 0 saturated heterocycles. The largest absolute Gasteiger partial charge is 0.496 e. The molecule has 0 fully saturated rings. The Hall–Kier alpha value is -4.86. The van der Waals surface area contributed by atoms with Gasteiger partial charge >= 0.3 is 0 Å². The van der Waals surface area contributed by atoms with Crippen molar-refractivity contribution >= 4 is 29.3 Å². The van der Waals surface area contributed by atoms with Gasteiger partial charge in [0.25, 0.3) is 5.91 Å². The molecular formula is C28H30N6O4. The molecule has 2 heterocycles. The number of aryl methyl sites for hydroxylation is 2. The fraction of sp³-hybridized carbons (Fsp3) is 0.214. The summed E-state index contributed by atoms with van der Waals surface area (Å²) in [5.41, 5.74) is 3.59. The highest BCUT2D eigenvalue weighted by molar-refractivity contribution is 6.10. The third-order valence-corrected chi connectivity index (χ3v) is 5.96. The van der Waals surface area contributed by atoms with Crippen molar-refractivity contribution in [3.63, 3.8) is 0 Å². The van der Waals surface area contributed by atoms with Crippen molar-refractivity contribution in [1.82, 2.24) is 19.6 Å². The van der Waals surface area contributed by atoms with Crippen LogP contribution in [0, 0.1) is 6.92 Å². The van der Waals surface area contributed by atoms with Crippen molar-refractivity contribution in [2.75, 3.05) is 17.7 Å². The van der Waals surface area contributed by atoms with Crippen LogP contribution in [0.4, 0.5) is 11.4 Å². The summed E-state index contributed by atoms with van der Waals surface area (Å²) in [6.07, 6.45) is 6.13. The first-order valence-corrected chi connectivity index (χ1v) is 12.1. The van der Waals surface area contributed by atoms with E-state index in [1.165, 1.54) is 17.0 Å². The van der Waals surface area contributed by atoms with E-state index in [-0.39, 0.29) is 5.69 Å². The number of nitrogens with zero attached hydrogens (tertiary/aromatic N) is 4. The summed E-state index contributed by atoms with van der Waals surface area (Å²) in [4.78, 5) is 25.8. The monoisotopic (exact) mass is 514 g/mol. The van der Waals surface area contributed by atoms with Crippen molar-refractivity contribution in [3.8, 4) is 11.5 Å². The third-order valence-electron chi connectivity index (χ3n) is 5.96. The molecular weight excluding hydrogens is 484 g/mol. The number of anilines is 2. The van der Waals surface area contributed by atoms with Crippen LogP contribution in [0.5, 0.6) is 11.5 Å². The average Bonchev–Trinajstić information content (AvgIpc) is 3.49. The molecule has 196 valence electrons. The second kappa shape index (κ2) is 11.9. The van der Waals surface area contributed by atoms with Gasteiger partial charge in [-0.25, -0.2) is 0 Å². The lowest BCUT2D eigenvalue weighted by Crippen LogP contribution is -2.20. The molecule has 0 aliphatic rings. The number of para-hydroxylation sites is 1. The molecule has 0 spiro atoms. The lowest BCUT2D eigenvalue weighted by molar-refractivity contribution is -0.111. The standard InChI is InChI=1S/C28H30N6O4/c1-5-34-27(28(36)32-23-16-29-33(3)19(23)2)24(17-30-34)31-26(35)14-12-20-11-13-25(37-4)21(15-20)18-38-22-9-7-6-8-10-22/h6-17H,5,18H2,1-4H3,(H,31,35)(H,32,36)/b14-12+. The highest BCUT2D eigenvalue weighted by Crippen LogP contribution is 2.23. The van der Waals surface area contributed by atoms with Gasteiger partial charge in [0.1, 0.15) is 23.8 Å². The lowest BCUT2D eigenvalue weighted by atomic mass is 10.1. The fourth-order valence-electron chi connectivity index (χ4n) is 3.80. The maximum absolute atomic E-state index is 13.1. The Labute approximate surface area is 220 Å². The Balaban J connectivity index is 1.46. The zero-order chi connectivity index (χ0) is 27.1. The number of hydrogen-bond acceptors (Lipinski definition) is 6. The summed E-state index contributed by atoms with van der Waals surface area (Å²) in [6.45, 7) is 4.49. The zero-order valence-corrected chi connectivity index (χ0v) is 21.8. The Bertz CT molecular complexity index is 1460. The maximum atomic E-state index is 13.1. The van der Waals surface area contributed by atoms with E-state index in [2.05, 4.69) is 20.8 Å². The number of benzene rings is 2. The highest BCUT2D eigenvalue weighted by Gasteiger charge is 2.20. The predicted octanol–water partition coefficient (Wildman–Crippen LogP) is 4.44. The summed E-state index contributed by atoms with van der Waals surface area (Å²) in [7, 11) is 3.39. The van der Waals surface area contributed by atoms with Crippen LogP contribution >= 0.6 is 0 Å². The van der Waals surface area contributed by atoms with Gasteiger partial charge in [-0.2, -0.15) is 10.2 Å². The molecule has 2 aromatic carbocycles. The van der Waals surface area contributed by atoms with Gasteiger partial charge in [0.2, 0.25) is 5.91 Å². The van der Waals surface area contributed by atoms with Crippen LogP contribution < -0.4 is 20.1 Å². The fourth-order valence-corrected chi connectivity index (χ4v) is 3.80. The average molecular weight is 515 g/mol. The molecule has 4 aromatic rings. The third kappa shape index (κ3) is 6.09. The molecule has 0 aliphatic carbocycles. The number of aromatic nitrogens is 4. The molecule has 2 amide bonds. The number of carbonyl (C=O) groups excluding carboxylic acids is 2. The number of amides is 2. The van der Waals surface area contributed by atoms with Gasteiger partial charge in [-0.1, -0.05) is 24.3 Å². The topological polar surface area (TPSA) is 112 Å². The van der Waals surface area contributed by atoms with Gasteiger partial charge in [-0.3, -0.25) is 19.0 Å². The van der Waals surface area contributed by atoms with Gasteiger partial charge in [0.15, 0.2) is 0 Å². The van der Waals surface area contributed by atoms with Gasteiger partial charge < -0.3 is 20.1 Å². The second-order valence-corrected chi connectivity index (χ2v) is 8.44. The van der Waals surface area contributed by atoms with Gasteiger partial charge in [-0.05, 0) is 49.8 Å². The first-order chi connectivity index (χ1) is 18.4. The van der Waals surface area contributed by atoms with E-state index in [0.717, 1.165) is 22.6 Å².